The summed E-state index contributed by atoms with van der Waals surface area (Å²) in [5.41, 5.74) is 0.977. The van der Waals surface area contributed by atoms with Crippen molar-refractivity contribution in [2.75, 3.05) is 23.4 Å². The maximum absolute atomic E-state index is 12.3. The van der Waals surface area contributed by atoms with Crippen molar-refractivity contribution in [3.8, 4) is 11.5 Å². The van der Waals surface area contributed by atoms with Gasteiger partial charge in [-0.25, -0.2) is 9.69 Å². The molecule has 1 aliphatic rings. The first-order valence-corrected chi connectivity index (χ1v) is 7.67. The molecule has 7 heteroatoms. The summed E-state index contributed by atoms with van der Waals surface area (Å²) >= 11 is 3.31. The monoisotopic (exact) mass is 376 g/mol. The summed E-state index contributed by atoms with van der Waals surface area (Å²) in [7, 11) is 0. The molecule has 0 aromatic heterocycles. The average molecular weight is 377 g/mol. The summed E-state index contributed by atoms with van der Waals surface area (Å²) in [6.45, 7) is 0.962. The predicted octanol–water partition coefficient (Wildman–Crippen LogP) is 3.42. The van der Waals surface area contributed by atoms with E-state index in [9.17, 15) is 9.59 Å². The fourth-order valence-electron chi connectivity index (χ4n) is 2.16. The quantitative estimate of drug-likeness (QED) is 0.833. The predicted molar refractivity (Wildman–Crippen MR) is 89.1 cm³/mol. The summed E-state index contributed by atoms with van der Waals surface area (Å²) in [6.07, 6.45) is 0.467. The van der Waals surface area contributed by atoms with Crippen LogP contribution in [0.1, 0.15) is 0 Å². The van der Waals surface area contributed by atoms with Crippen molar-refractivity contribution >= 4 is 39.7 Å². The van der Waals surface area contributed by atoms with Crippen LogP contribution in [0.15, 0.2) is 46.9 Å². The Kier molecular flexibility index (Phi) is 4.47. The molecule has 2 aromatic carbocycles. The molecule has 1 heterocycles. The van der Waals surface area contributed by atoms with Gasteiger partial charge in [0.1, 0.15) is 13.2 Å². The van der Waals surface area contributed by atoms with E-state index in [0.29, 0.717) is 42.5 Å². The van der Waals surface area contributed by atoms with Crippen LogP contribution in [0.25, 0.3) is 0 Å². The van der Waals surface area contributed by atoms with Crippen molar-refractivity contribution in [2.24, 2.45) is 0 Å². The fraction of sp³-hybridized carbons (Fsp3) is 0.125. The molecule has 0 aliphatic carbocycles. The minimum Gasteiger partial charge on any atom is -0.486 e. The molecule has 3 amide bonds. The molecule has 0 spiro atoms. The SMILES string of the molecule is O=CN(C(=O)Nc1ccc2c(c1)OCCO2)c1cccc(Br)c1. The van der Waals surface area contributed by atoms with E-state index in [1.54, 1.807) is 36.4 Å². The first kappa shape index (κ1) is 15.4. The summed E-state index contributed by atoms with van der Waals surface area (Å²) < 4.78 is 11.7. The average Bonchev–Trinajstić information content (AvgIpc) is 2.55. The summed E-state index contributed by atoms with van der Waals surface area (Å²) in [5.74, 6) is 1.20. The molecule has 0 fully saturated rings. The van der Waals surface area contributed by atoms with Crippen LogP contribution in [-0.4, -0.2) is 25.7 Å². The van der Waals surface area contributed by atoms with Gasteiger partial charge in [0, 0.05) is 16.2 Å². The lowest BCUT2D eigenvalue weighted by atomic mass is 10.2. The molecule has 0 bridgehead atoms. The second-order valence-corrected chi connectivity index (χ2v) is 5.66. The minimum absolute atomic E-state index is 0.461. The third-order valence-electron chi connectivity index (χ3n) is 3.20. The van der Waals surface area contributed by atoms with E-state index in [1.165, 1.54) is 0 Å². The van der Waals surface area contributed by atoms with Crippen LogP contribution in [-0.2, 0) is 4.79 Å². The Balaban J connectivity index is 1.78. The van der Waals surface area contributed by atoms with Crippen LogP contribution in [0.3, 0.4) is 0 Å². The largest absolute Gasteiger partial charge is 0.486 e. The van der Waals surface area contributed by atoms with Crippen LogP contribution in [0, 0.1) is 0 Å². The number of rotatable bonds is 3. The third kappa shape index (κ3) is 3.45. The number of fused-ring (bicyclic) bond motifs is 1. The Morgan fingerprint density at radius 3 is 2.65 bits per heavy atom. The Morgan fingerprint density at radius 1 is 1.13 bits per heavy atom. The molecule has 0 atom stereocenters. The molecule has 3 rings (SSSR count). The van der Waals surface area contributed by atoms with E-state index in [-0.39, 0.29) is 0 Å². The van der Waals surface area contributed by atoms with E-state index >= 15 is 0 Å². The molecule has 0 saturated carbocycles. The number of urea groups is 1. The highest BCUT2D eigenvalue weighted by Crippen LogP contribution is 2.32. The molecule has 6 nitrogen and oxygen atoms in total. The van der Waals surface area contributed by atoms with Crippen LogP contribution < -0.4 is 19.7 Å². The first-order valence-electron chi connectivity index (χ1n) is 6.88. The Hall–Kier alpha value is -2.54. The number of imide groups is 1. The molecular weight excluding hydrogens is 364 g/mol. The molecule has 0 radical (unpaired) electrons. The van der Waals surface area contributed by atoms with Gasteiger partial charge < -0.3 is 14.8 Å². The number of anilines is 2. The highest BCUT2D eigenvalue weighted by Gasteiger charge is 2.17. The molecule has 0 unspecified atom stereocenters. The summed E-state index contributed by atoms with van der Waals surface area (Å²) in [5, 5.41) is 2.67. The lowest BCUT2D eigenvalue weighted by Crippen LogP contribution is -2.33. The van der Waals surface area contributed by atoms with E-state index in [2.05, 4.69) is 21.2 Å². The zero-order chi connectivity index (χ0) is 16.2. The maximum atomic E-state index is 12.3. The molecule has 1 N–H and O–H groups in total. The number of amides is 3. The Labute approximate surface area is 141 Å². The molecule has 1 aliphatic heterocycles. The van der Waals surface area contributed by atoms with Gasteiger partial charge in [0.15, 0.2) is 11.5 Å². The second-order valence-electron chi connectivity index (χ2n) is 4.74. The second kappa shape index (κ2) is 6.70. The standard InChI is InChI=1S/C16H13BrN2O4/c17-11-2-1-3-13(8-11)19(10-20)16(21)18-12-4-5-14-15(9-12)23-7-6-22-14/h1-5,8-10H,6-7H2,(H,18,21). The highest BCUT2D eigenvalue weighted by atomic mass is 79.9. The first-order chi connectivity index (χ1) is 11.2. The number of carbonyl (C=O) groups is 2. The molecule has 2 aromatic rings. The number of hydrogen-bond donors (Lipinski definition) is 1. The van der Waals surface area contributed by atoms with Crippen LogP contribution in [0.4, 0.5) is 16.2 Å². The summed E-state index contributed by atoms with van der Waals surface area (Å²) in [4.78, 5) is 24.6. The lowest BCUT2D eigenvalue weighted by molar-refractivity contribution is -0.106. The van der Waals surface area contributed by atoms with Crippen LogP contribution >= 0.6 is 15.9 Å². The van der Waals surface area contributed by atoms with Gasteiger partial charge in [-0.2, -0.15) is 0 Å². The minimum atomic E-state index is -0.560. The van der Waals surface area contributed by atoms with Gasteiger partial charge in [-0.05, 0) is 30.3 Å². The number of nitrogens with zero attached hydrogens (tertiary/aromatic N) is 1. The number of halogens is 1. The number of nitrogens with one attached hydrogen (secondary N) is 1. The van der Waals surface area contributed by atoms with Gasteiger partial charge in [-0.1, -0.05) is 22.0 Å². The topological polar surface area (TPSA) is 67.9 Å². The van der Waals surface area contributed by atoms with Gasteiger partial charge in [0.25, 0.3) is 0 Å². The zero-order valence-electron chi connectivity index (χ0n) is 12.0. The molecule has 118 valence electrons. The number of ether oxygens (including phenoxy) is 2. The van der Waals surface area contributed by atoms with Crippen LogP contribution in [0.5, 0.6) is 11.5 Å². The zero-order valence-corrected chi connectivity index (χ0v) is 13.6. The molecule has 23 heavy (non-hydrogen) atoms. The van der Waals surface area contributed by atoms with Crippen molar-refractivity contribution in [1.82, 2.24) is 0 Å². The number of benzene rings is 2. The van der Waals surface area contributed by atoms with Crippen molar-refractivity contribution in [3.63, 3.8) is 0 Å². The fourth-order valence-corrected chi connectivity index (χ4v) is 2.54. The van der Waals surface area contributed by atoms with E-state index in [0.717, 1.165) is 9.37 Å². The van der Waals surface area contributed by atoms with Crippen molar-refractivity contribution in [3.05, 3.63) is 46.9 Å². The van der Waals surface area contributed by atoms with Crippen molar-refractivity contribution in [1.29, 1.82) is 0 Å². The lowest BCUT2D eigenvalue weighted by Gasteiger charge is -2.20. The summed E-state index contributed by atoms with van der Waals surface area (Å²) in [6, 6.07) is 11.4. The normalized spacial score (nSPS) is 12.4. The van der Waals surface area contributed by atoms with Gasteiger partial charge >= 0.3 is 6.03 Å². The Bertz CT molecular complexity index is 751. The number of carbonyl (C=O) groups excluding carboxylic acids is 2. The van der Waals surface area contributed by atoms with E-state index in [4.69, 9.17) is 9.47 Å². The van der Waals surface area contributed by atoms with Gasteiger partial charge in [-0.15, -0.1) is 0 Å². The van der Waals surface area contributed by atoms with E-state index < -0.39 is 6.03 Å². The van der Waals surface area contributed by atoms with E-state index in [1.807, 2.05) is 6.07 Å². The van der Waals surface area contributed by atoms with Gasteiger partial charge in [0.05, 0.1) is 5.69 Å². The number of hydrogen-bond acceptors (Lipinski definition) is 4. The van der Waals surface area contributed by atoms with Gasteiger partial charge in [0.2, 0.25) is 6.41 Å². The smallest absolute Gasteiger partial charge is 0.332 e. The highest BCUT2D eigenvalue weighted by molar-refractivity contribution is 9.10. The van der Waals surface area contributed by atoms with Gasteiger partial charge in [-0.3, -0.25) is 4.79 Å². The third-order valence-corrected chi connectivity index (χ3v) is 3.70. The van der Waals surface area contributed by atoms with Crippen molar-refractivity contribution in [2.45, 2.75) is 0 Å². The molecular formula is C16H13BrN2O4. The van der Waals surface area contributed by atoms with Crippen molar-refractivity contribution < 1.29 is 19.1 Å². The Morgan fingerprint density at radius 2 is 1.91 bits per heavy atom. The van der Waals surface area contributed by atoms with Crippen LogP contribution in [0.2, 0.25) is 0 Å². The molecule has 0 saturated heterocycles. The maximum Gasteiger partial charge on any atom is 0.332 e.